The molecule has 30 heavy (non-hydrogen) atoms. The summed E-state index contributed by atoms with van der Waals surface area (Å²) in [7, 11) is 1.57. The second-order valence-electron chi connectivity index (χ2n) is 6.51. The highest BCUT2D eigenvalue weighted by Crippen LogP contribution is 2.30. The third-order valence-electron chi connectivity index (χ3n) is 4.39. The zero-order valence-corrected chi connectivity index (χ0v) is 17.8. The van der Waals surface area contributed by atoms with Crippen molar-refractivity contribution in [1.82, 2.24) is 14.8 Å². The van der Waals surface area contributed by atoms with Gasteiger partial charge in [0.05, 0.1) is 16.8 Å². The predicted octanol–water partition coefficient (Wildman–Crippen LogP) is 4.13. The molecule has 0 bridgehead atoms. The van der Waals surface area contributed by atoms with E-state index in [0.717, 1.165) is 15.3 Å². The molecule has 0 fully saturated rings. The van der Waals surface area contributed by atoms with Crippen molar-refractivity contribution in [2.75, 3.05) is 12.4 Å². The molecule has 7 nitrogen and oxygen atoms in total. The number of rotatable bonds is 5. The van der Waals surface area contributed by atoms with Crippen molar-refractivity contribution in [3.05, 3.63) is 68.9 Å². The number of thiazole rings is 1. The van der Waals surface area contributed by atoms with Crippen LogP contribution in [0.4, 0.5) is 5.69 Å². The Kier molecular flexibility index (Phi) is 5.52. The van der Waals surface area contributed by atoms with E-state index in [1.54, 1.807) is 43.5 Å². The third kappa shape index (κ3) is 4.05. The van der Waals surface area contributed by atoms with Gasteiger partial charge in [0.15, 0.2) is 5.52 Å². The van der Waals surface area contributed by atoms with Crippen molar-refractivity contribution in [3.63, 3.8) is 0 Å². The van der Waals surface area contributed by atoms with Gasteiger partial charge in [-0.1, -0.05) is 23.7 Å². The first-order chi connectivity index (χ1) is 14.4. The Morgan fingerprint density at radius 3 is 2.53 bits per heavy atom. The van der Waals surface area contributed by atoms with Crippen molar-refractivity contribution in [2.45, 2.75) is 13.5 Å². The smallest absolute Gasteiger partial charge is 0.294 e. The molecule has 0 unspecified atom stereocenters. The van der Waals surface area contributed by atoms with Gasteiger partial charge in [0.1, 0.15) is 18.0 Å². The number of benzene rings is 2. The highest BCUT2D eigenvalue weighted by molar-refractivity contribution is 7.19. The summed E-state index contributed by atoms with van der Waals surface area (Å²) in [6, 6.07) is 14.1. The molecule has 4 aromatic rings. The van der Waals surface area contributed by atoms with Crippen LogP contribution >= 0.6 is 22.9 Å². The van der Waals surface area contributed by atoms with E-state index in [2.05, 4.69) is 15.4 Å². The van der Waals surface area contributed by atoms with E-state index in [4.69, 9.17) is 16.3 Å². The fourth-order valence-corrected chi connectivity index (χ4v) is 4.02. The summed E-state index contributed by atoms with van der Waals surface area (Å²) in [4.78, 5) is 29.8. The molecule has 0 saturated heterocycles. The molecule has 0 aliphatic rings. The fraction of sp³-hybridized carbons (Fsp3) is 0.143. The summed E-state index contributed by atoms with van der Waals surface area (Å²) in [6.45, 7) is 1.59. The standard InChI is InChI=1S/C21H17ClN4O3S/c1-12-23-19-20(30-12)18(13-3-5-14(22)6-4-13)25-26(21(19)28)11-17(27)24-15-7-9-16(29-2)10-8-15/h3-10H,11H2,1-2H3,(H,24,27). The largest absolute Gasteiger partial charge is 0.497 e. The molecule has 1 amide bonds. The molecule has 1 N–H and O–H groups in total. The summed E-state index contributed by atoms with van der Waals surface area (Å²) in [5.41, 5.74) is 1.87. The number of halogens is 1. The van der Waals surface area contributed by atoms with Gasteiger partial charge >= 0.3 is 0 Å². The quantitative estimate of drug-likeness (QED) is 0.504. The maximum atomic E-state index is 12.9. The van der Waals surface area contributed by atoms with Gasteiger partial charge in [-0.2, -0.15) is 5.10 Å². The van der Waals surface area contributed by atoms with Gasteiger partial charge < -0.3 is 10.1 Å². The van der Waals surface area contributed by atoms with Crippen LogP contribution < -0.4 is 15.6 Å². The first-order valence-corrected chi connectivity index (χ1v) is 10.2. The van der Waals surface area contributed by atoms with Crippen molar-refractivity contribution in [3.8, 4) is 17.0 Å². The number of ether oxygens (including phenoxy) is 1. The van der Waals surface area contributed by atoms with Crippen LogP contribution in [0.5, 0.6) is 5.75 Å². The van der Waals surface area contributed by atoms with Crippen LogP contribution in [0.2, 0.25) is 5.02 Å². The van der Waals surface area contributed by atoms with Crippen LogP contribution in [0.15, 0.2) is 53.3 Å². The van der Waals surface area contributed by atoms with E-state index >= 15 is 0 Å². The molecule has 2 aromatic heterocycles. The van der Waals surface area contributed by atoms with Gasteiger partial charge in [-0.05, 0) is 43.3 Å². The topological polar surface area (TPSA) is 86.1 Å². The number of fused-ring (bicyclic) bond motifs is 1. The molecule has 4 rings (SSSR count). The minimum Gasteiger partial charge on any atom is -0.497 e. The molecule has 0 aliphatic heterocycles. The van der Waals surface area contributed by atoms with E-state index in [1.165, 1.54) is 11.3 Å². The number of methoxy groups -OCH3 is 1. The summed E-state index contributed by atoms with van der Waals surface area (Å²) < 4.78 is 6.94. The molecular formula is C21H17ClN4O3S. The van der Waals surface area contributed by atoms with Gasteiger partial charge in [0.25, 0.3) is 5.56 Å². The first-order valence-electron chi connectivity index (χ1n) is 9.02. The zero-order chi connectivity index (χ0) is 21.3. The number of carbonyl (C=O) groups excluding carboxylic acids is 1. The lowest BCUT2D eigenvalue weighted by molar-refractivity contribution is -0.117. The SMILES string of the molecule is COc1ccc(NC(=O)Cn2nc(-c3ccc(Cl)cc3)c3sc(C)nc3c2=O)cc1. The van der Waals surface area contributed by atoms with E-state index in [9.17, 15) is 9.59 Å². The predicted molar refractivity (Wildman–Crippen MR) is 118 cm³/mol. The van der Waals surface area contributed by atoms with Crippen molar-refractivity contribution < 1.29 is 9.53 Å². The van der Waals surface area contributed by atoms with Gasteiger partial charge in [-0.25, -0.2) is 9.67 Å². The Morgan fingerprint density at radius 2 is 1.87 bits per heavy atom. The van der Waals surface area contributed by atoms with Crippen LogP contribution in [-0.2, 0) is 11.3 Å². The molecular weight excluding hydrogens is 424 g/mol. The number of carbonyl (C=O) groups is 1. The Hall–Kier alpha value is -3.23. The number of nitrogens with zero attached hydrogens (tertiary/aromatic N) is 3. The van der Waals surface area contributed by atoms with E-state index in [-0.39, 0.29) is 12.5 Å². The van der Waals surface area contributed by atoms with E-state index < -0.39 is 5.56 Å². The lowest BCUT2D eigenvalue weighted by Crippen LogP contribution is -2.30. The molecule has 2 aromatic carbocycles. The first kappa shape index (κ1) is 20.1. The number of aryl methyl sites for hydroxylation is 1. The maximum Gasteiger partial charge on any atom is 0.294 e. The molecule has 0 atom stereocenters. The summed E-state index contributed by atoms with van der Waals surface area (Å²) in [6.07, 6.45) is 0. The Bertz CT molecular complexity index is 1280. The van der Waals surface area contributed by atoms with Gasteiger partial charge in [0, 0.05) is 16.3 Å². The van der Waals surface area contributed by atoms with Crippen LogP contribution in [0.1, 0.15) is 5.01 Å². The fourth-order valence-electron chi connectivity index (χ4n) is 2.98. The summed E-state index contributed by atoms with van der Waals surface area (Å²) >= 11 is 7.39. The maximum absolute atomic E-state index is 12.9. The highest BCUT2D eigenvalue weighted by Gasteiger charge is 2.18. The van der Waals surface area contributed by atoms with Crippen LogP contribution in [-0.4, -0.2) is 27.8 Å². The number of hydrogen-bond acceptors (Lipinski definition) is 6. The van der Waals surface area contributed by atoms with E-state index in [1.807, 2.05) is 19.1 Å². The number of anilines is 1. The Morgan fingerprint density at radius 1 is 1.17 bits per heavy atom. The monoisotopic (exact) mass is 440 g/mol. The summed E-state index contributed by atoms with van der Waals surface area (Å²) in [5.74, 6) is 0.311. The molecule has 0 aliphatic carbocycles. The second kappa shape index (κ2) is 8.25. The van der Waals surface area contributed by atoms with Crippen molar-refractivity contribution >= 4 is 44.7 Å². The number of amides is 1. The lowest BCUT2D eigenvalue weighted by atomic mass is 10.1. The average molecular weight is 441 g/mol. The number of nitrogens with one attached hydrogen (secondary N) is 1. The molecule has 0 spiro atoms. The summed E-state index contributed by atoms with van der Waals surface area (Å²) in [5, 5.41) is 8.58. The highest BCUT2D eigenvalue weighted by atomic mass is 35.5. The van der Waals surface area contributed by atoms with E-state index in [0.29, 0.717) is 32.4 Å². The number of hydrogen-bond donors (Lipinski definition) is 1. The molecule has 0 radical (unpaired) electrons. The third-order valence-corrected chi connectivity index (χ3v) is 5.62. The minimum absolute atomic E-state index is 0.238. The Balaban J connectivity index is 1.69. The molecule has 152 valence electrons. The van der Waals surface area contributed by atoms with Gasteiger partial charge in [-0.3, -0.25) is 9.59 Å². The van der Waals surface area contributed by atoms with Gasteiger partial charge in [-0.15, -0.1) is 11.3 Å². The van der Waals surface area contributed by atoms with Crippen molar-refractivity contribution in [1.29, 1.82) is 0 Å². The Labute approximate surface area is 180 Å². The van der Waals surface area contributed by atoms with Crippen LogP contribution in [0, 0.1) is 6.92 Å². The molecule has 9 heteroatoms. The van der Waals surface area contributed by atoms with Crippen LogP contribution in [0.3, 0.4) is 0 Å². The average Bonchev–Trinajstić information content (AvgIpc) is 3.13. The van der Waals surface area contributed by atoms with Crippen molar-refractivity contribution in [2.24, 2.45) is 0 Å². The normalized spacial score (nSPS) is 10.9. The van der Waals surface area contributed by atoms with Crippen LogP contribution in [0.25, 0.3) is 21.5 Å². The molecule has 2 heterocycles. The second-order valence-corrected chi connectivity index (χ2v) is 8.15. The number of aromatic nitrogens is 3. The minimum atomic E-state index is -0.406. The lowest BCUT2D eigenvalue weighted by Gasteiger charge is -2.10. The van der Waals surface area contributed by atoms with Gasteiger partial charge in [0.2, 0.25) is 5.91 Å². The zero-order valence-electron chi connectivity index (χ0n) is 16.2. The molecule has 0 saturated carbocycles.